The Balaban J connectivity index is 2.32. The Labute approximate surface area is 58.7 Å². The number of halogens is 3. The van der Waals surface area contributed by atoms with Crippen LogP contribution in [0.4, 0.5) is 0 Å². The summed E-state index contributed by atoms with van der Waals surface area (Å²) in [6, 6.07) is 0. The number of hydrogen-bond donors (Lipinski definition) is 0. The van der Waals surface area contributed by atoms with Crippen molar-refractivity contribution < 1.29 is 15.7 Å². The SMILES string of the molecule is [I][Lu]([I])[I]. The summed E-state index contributed by atoms with van der Waals surface area (Å²) in [4.78, 5) is 0. The molecule has 36 valence electrons. The fourth-order valence-corrected chi connectivity index (χ4v) is 0. The number of hydrogen-bond acceptors (Lipinski definition) is 0. The van der Waals surface area contributed by atoms with Gasteiger partial charge in [0.05, 0.1) is 0 Å². The molecular formula is I3Lu. The Kier molecular flexibility index (Phi) is 8.50. The molecule has 0 rings (SSSR count). The molecule has 4 heavy (non-hydrogen) atoms. The van der Waals surface area contributed by atoms with Crippen molar-refractivity contribution >= 4 is 45.7 Å². The molecular weight excluding hydrogens is 556 g/mol. The quantitative estimate of drug-likeness (QED) is 0.404. The molecule has 0 nitrogen and oxygen atoms in total. The van der Waals surface area contributed by atoms with Crippen LogP contribution in [0, 0.1) is 15.7 Å². The first-order chi connectivity index (χ1) is 1.73. The summed E-state index contributed by atoms with van der Waals surface area (Å²) < 4.78 is 0. The van der Waals surface area contributed by atoms with E-state index in [1.807, 2.05) is 0 Å². The van der Waals surface area contributed by atoms with Gasteiger partial charge in [0.2, 0.25) is 0 Å². The minimum atomic E-state index is -0.0344. The van der Waals surface area contributed by atoms with Gasteiger partial charge in [-0.15, -0.1) is 0 Å². The van der Waals surface area contributed by atoms with E-state index in [0.29, 0.717) is 0 Å². The topological polar surface area (TPSA) is 0 Å². The predicted molar refractivity (Wildman–Crippen MR) is 42.1 cm³/mol. The van der Waals surface area contributed by atoms with Crippen molar-refractivity contribution in [3.05, 3.63) is 0 Å². The van der Waals surface area contributed by atoms with E-state index in [1.54, 1.807) is 0 Å². The van der Waals surface area contributed by atoms with E-state index in [9.17, 15) is 0 Å². The zero-order valence-electron chi connectivity index (χ0n) is 1.39. The molecule has 0 aliphatic heterocycles. The van der Waals surface area contributed by atoms with E-state index in [2.05, 4.69) is 45.7 Å². The van der Waals surface area contributed by atoms with Gasteiger partial charge in [-0.05, 0) is 0 Å². The van der Waals surface area contributed by atoms with Crippen molar-refractivity contribution in [3.63, 3.8) is 0 Å². The van der Waals surface area contributed by atoms with Crippen LogP contribution in [0.2, 0.25) is 0 Å². The van der Waals surface area contributed by atoms with Crippen molar-refractivity contribution in [2.45, 2.75) is 0 Å². The molecule has 0 saturated carbocycles. The summed E-state index contributed by atoms with van der Waals surface area (Å²) in [5, 5.41) is 0. The average molecular weight is 556 g/mol. The van der Waals surface area contributed by atoms with Crippen LogP contribution in [-0.4, -0.2) is 0 Å². The van der Waals surface area contributed by atoms with E-state index in [0.717, 1.165) is 0 Å². The molecule has 0 aromatic heterocycles. The molecule has 0 spiro atoms. The summed E-state index contributed by atoms with van der Waals surface area (Å²) in [6.45, 7) is 0. The standard InChI is InChI=1S/3HI.Lu/h3*1H;/q;;;+3/p-3. The van der Waals surface area contributed by atoms with Gasteiger partial charge in [-0.3, -0.25) is 0 Å². The third-order valence-corrected chi connectivity index (χ3v) is 0. The average Bonchev–Trinajstić information content (AvgIpc) is 0.811. The normalized spacial score (nSPS) is 11.2. The van der Waals surface area contributed by atoms with Gasteiger partial charge in [-0.25, -0.2) is 0 Å². The second kappa shape index (κ2) is 4.58. The molecule has 0 radical (unpaired) electrons. The second-order valence-electron chi connectivity index (χ2n) is 0.111. The van der Waals surface area contributed by atoms with E-state index in [-0.39, 0.29) is 15.7 Å². The first kappa shape index (κ1) is 7.42. The molecule has 0 aromatic carbocycles. The van der Waals surface area contributed by atoms with Gasteiger partial charge in [0.1, 0.15) is 0 Å². The fraction of sp³-hybridized carbons (Fsp3) is 0. The third kappa shape index (κ3) is 9.05. The Hall–Kier alpha value is 3.42. The van der Waals surface area contributed by atoms with Crippen LogP contribution in [0.1, 0.15) is 0 Å². The van der Waals surface area contributed by atoms with Gasteiger partial charge in [-0.1, -0.05) is 0 Å². The van der Waals surface area contributed by atoms with Crippen molar-refractivity contribution in [2.24, 2.45) is 0 Å². The maximum atomic E-state index is 2.43. The molecule has 0 saturated heterocycles. The summed E-state index contributed by atoms with van der Waals surface area (Å²) >= 11 is 7.25. The van der Waals surface area contributed by atoms with Crippen molar-refractivity contribution in [2.75, 3.05) is 0 Å². The zero-order valence-corrected chi connectivity index (χ0v) is 9.52. The molecule has 0 fully saturated rings. The maximum absolute atomic E-state index is 2.43. The first-order valence-electron chi connectivity index (χ1n) is 0.293. The Morgan fingerprint density at radius 1 is 1.00 bits per heavy atom. The number of rotatable bonds is 0. The van der Waals surface area contributed by atoms with Crippen LogP contribution < -0.4 is 0 Å². The molecule has 4 heteroatoms. The summed E-state index contributed by atoms with van der Waals surface area (Å²) in [6.07, 6.45) is 0. The molecule has 0 unspecified atom stereocenters. The van der Waals surface area contributed by atoms with E-state index >= 15 is 0 Å². The second-order valence-corrected chi connectivity index (χ2v) is 36.9. The van der Waals surface area contributed by atoms with Gasteiger partial charge in [0.15, 0.2) is 0 Å². The van der Waals surface area contributed by atoms with E-state index in [1.165, 1.54) is 0 Å². The summed E-state index contributed by atoms with van der Waals surface area (Å²) in [5.74, 6) is 0. The Bertz CT molecular complexity index is 8.00. The fourth-order valence-electron chi connectivity index (χ4n) is 0. The van der Waals surface area contributed by atoms with Crippen LogP contribution in [-0.2, 0) is 0 Å². The van der Waals surface area contributed by atoms with Gasteiger partial charge >= 0.3 is 61.4 Å². The Morgan fingerprint density at radius 2 is 1.00 bits per heavy atom. The van der Waals surface area contributed by atoms with E-state index in [4.69, 9.17) is 0 Å². The molecule has 0 heterocycles. The molecule has 0 atom stereocenters. The summed E-state index contributed by atoms with van der Waals surface area (Å²) in [7, 11) is 0. The minimum absolute atomic E-state index is 0.0344. The third-order valence-electron chi connectivity index (χ3n) is 0. The van der Waals surface area contributed by atoms with Crippen LogP contribution in [0.5, 0.6) is 0 Å². The molecule has 0 N–H and O–H groups in total. The van der Waals surface area contributed by atoms with Crippen LogP contribution in [0.3, 0.4) is 0 Å². The van der Waals surface area contributed by atoms with Crippen molar-refractivity contribution in [1.29, 1.82) is 0 Å². The van der Waals surface area contributed by atoms with Gasteiger partial charge in [0.25, 0.3) is 0 Å². The van der Waals surface area contributed by atoms with Crippen molar-refractivity contribution in [3.8, 4) is 0 Å². The van der Waals surface area contributed by atoms with Crippen LogP contribution >= 0.6 is 45.7 Å². The first-order valence-corrected chi connectivity index (χ1v) is 14.6. The monoisotopic (exact) mass is 556 g/mol. The zero-order chi connectivity index (χ0) is 3.58. The molecule has 0 aliphatic carbocycles. The van der Waals surface area contributed by atoms with Gasteiger partial charge in [0, 0.05) is 0 Å². The molecule has 0 aliphatic rings. The summed E-state index contributed by atoms with van der Waals surface area (Å²) in [5.41, 5.74) is 0. The molecule has 0 bridgehead atoms. The van der Waals surface area contributed by atoms with Crippen LogP contribution in [0.25, 0.3) is 0 Å². The van der Waals surface area contributed by atoms with Gasteiger partial charge in [-0.2, -0.15) is 0 Å². The van der Waals surface area contributed by atoms with Gasteiger partial charge < -0.3 is 0 Å². The van der Waals surface area contributed by atoms with Crippen molar-refractivity contribution in [1.82, 2.24) is 0 Å². The predicted octanol–water partition coefficient (Wildman–Crippen LogP) is 2.66. The van der Waals surface area contributed by atoms with Crippen LogP contribution in [0.15, 0.2) is 0 Å². The molecule has 0 aromatic rings. The Morgan fingerprint density at radius 3 is 1.00 bits per heavy atom. The molecule has 0 amide bonds. The van der Waals surface area contributed by atoms with E-state index < -0.39 is 0 Å².